The van der Waals surface area contributed by atoms with Crippen molar-refractivity contribution in [1.29, 1.82) is 0 Å². The molecule has 0 aromatic heterocycles. The van der Waals surface area contributed by atoms with Gasteiger partial charge in [0.25, 0.3) is 10.0 Å². The van der Waals surface area contributed by atoms with Crippen molar-refractivity contribution in [3.63, 3.8) is 0 Å². The summed E-state index contributed by atoms with van der Waals surface area (Å²) in [7, 11) is 2.65. The van der Waals surface area contributed by atoms with Gasteiger partial charge in [-0.15, -0.1) is 0 Å². The van der Waals surface area contributed by atoms with Crippen LogP contribution in [0.5, 0.6) is 23.0 Å². The zero-order valence-electron chi connectivity index (χ0n) is 18.8. The molecule has 0 spiro atoms. The van der Waals surface area contributed by atoms with Crippen molar-refractivity contribution in [1.82, 2.24) is 0 Å². The quantitative estimate of drug-likeness (QED) is 0.391. The van der Waals surface area contributed by atoms with Gasteiger partial charge in [0.2, 0.25) is 5.75 Å². The van der Waals surface area contributed by atoms with Crippen molar-refractivity contribution in [3.05, 3.63) is 35.4 Å². The maximum absolute atomic E-state index is 13.2. The van der Waals surface area contributed by atoms with Crippen LogP contribution in [0.25, 0.3) is 0 Å². The van der Waals surface area contributed by atoms with E-state index >= 15 is 0 Å². The van der Waals surface area contributed by atoms with E-state index in [0.29, 0.717) is 24.5 Å². The van der Waals surface area contributed by atoms with E-state index in [9.17, 15) is 13.2 Å². The first-order valence-corrected chi connectivity index (χ1v) is 10.9. The molecule has 0 bridgehead atoms. The molecule has 0 saturated heterocycles. The van der Waals surface area contributed by atoms with E-state index in [1.165, 1.54) is 46.6 Å². The molecule has 176 valence electrons. The van der Waals surface area contributed by atoms with Gasteiger partial charge in [0.1, 0.15) is 18.0 Å². The molecule has 2 aromatic rings. The SMILES string of the molecule is COCCOc1ccc(S(=O)(=O)Nc2c(C(=O)OC)cc(OC)c(OC)c2OC)cc1C. The minimum Gasteiger partial charge on any atom is -0.493 e. The summed E-state index contributed by atoms with van der Waals surface area (Å²) < 4.78 is 59.9. The van der Waals surface area contributed by atoms with Gasteiger partial charge in [-0.3, -0.25) is 4.72 Å². The van der Waals surface area contributed by atoms with E-state index in [0.717, 1.165) is 0 Å². The Morgan fingerprint density at radius 1 is 0.906 bits per heavy atom. The summed E-state index contributed by atoms with van der Waals surface area (Å²) in [6.45, 7) is 2.45. The van der Waals surface area contributed by atoms with Crippen LogP contribution in [0, 0.1) is 6.92 Å². The smallest absolute Gasteiger partial charge is 0.340 e. The Kier molecular flexibility index (Phi) is 8.56. The Morgan fingerprint density at radius 2 is 1.59 bits per heavy atom. The first-order chi connectivity index (χ1) is 15.2. The van der Waals surface area contributed by atoms with Crippen LogP contribution < -0.4 is 23.7 Å². The predicted molar refractivity (Wildman–Crippen MR) is 117 cm³/mol. The van der Waals surface area contributed by atoms with Gasteiger partial charge in [-0.25, -0.2) is 13.2 Å². The van der Waals surface area contributed by atoms with E-state index in [-0.39, 0.29) is 33.4 Å². The van der Waals surface area contributed by atoms with E-state index in [1.807, 2.05) is 0 Å². The van der Waals surface area contributed by atoms with Gasteiger partial charge in [-0.1, -0.05) is 0 Å². The van der Waals surface area contributed by atoms with E-state index in [1.54, 1.807) is 20.1 Å². The summed E-state index contributed by atoms with van der Waals surface area (Å²) in [5, 5.41) is 0. The predicted octanol–water partition coefficient (Wildman–Crippen LogP) is 2.63. The molecule has 1 N–H and O–H groups in total. The minimum absolute atomic E-state index is 0.0351. The van der Waals surface area contributed by atoms with Crippen LogP contribution >= 0.6 is 0 Å². The Morgan fingerprint density at radius 3 is 2.12 bits per heavy atom. The number of aryl methyl sites for hydroxylation is 1. The first kappa shape index (κ1) is 25.1. The third-order valence-corrected chi connectivity index (χ3v) is 5.82. The Bertz CT molecular complexity index is 1070. The molecule has 0 fully saturated rings. The summed E-state index contributed by atoms with van der Waals surface area (Å²) in [5.41, 5.74) is 0.355. The third-order valence-electron chi connectivity index (χ3n) is 4.47. The highest BCUT2D eigenvalue weighted by atomic mass is 32.2. The summed E-state index contributed by atoms with van der Waals surface area (Å²) in [5.74, 6) is -0.0217. The summed E-state index contributed by atoms with van der Waals surface area (Å²) in [6, 6.07) is 5.70. The monoisotopic (exact) mass is 469 g/mol. The van der Waals surface area contributed by atoms with E-state index in [4.69, 9.17) is 28.4 Å². The lowest BCUT2D eigenvalue weighted by atomic mass is 10.1. The second-order valence-corrected chi connectivity index (χ2v) is 8.12. The molecular formula is C21H27NO9S. The van der Waals surface area contributed by atoms with Gasteiger partial charge in [0.05, 0.1) is 45.5 Å². The maximum Gasteiger partial charge on any atom is 0.340 e. The van der Waals surface area contributed by atoms with Gasteiger partial charge < -0.3 is 28.4 Å². The lowest BCUT2D eigenvalue weighted by Gasteiger charge is -2.20. The third kappa shape index (κ3) is 5.35. The Hall–Kier alpha value is -3.18. The molecule has 2 aromatic carbocycles. The number of hydrogen-bond donors (Lipinski definition) is 1. The van der Waals surface area contributed by atoms with Crippen LogP contribution in [0.4, 0.5) is 5.69 Å². The fraction of sp³-hybridized carbons (Fsp3) is 0.381. The molecule has 0 radical (unpaired) electrons. The zero-order chi connectivity index (χ0) is 23.9. The van der Waals surface area contributed by atoms with Gasteiger partial charge in [0, 0.05) is 13.2 Å². The first-order valence-electron chi connectivity index (χ1n) is 9.40. The lowest BCUT2D eigenvalue weighted by Crippen LogP contribution is -2.18. The zero-order valence-corrected chi connectivity index (χ0v) is 19.6. The largest absolute Gasteiger partial charge is 0.493 e. The van der Waals surface area contributed by atoms with Gasteiger partial charge in [-0.05, 0) is 30.7 Å². The molecule has 10 nitrogen and oxygen atoms in total. The van der Waals surface area contributed by atoms with E-state index < -0.39 is 16.0 Å². The van der Waals surface area contributed by atoms with Crippen LogP contribution in [0.1, 0.15) is 15.9 Å². The molecular weight excluding hydrogens is 442 g/mol. The fourth-order valence-electron chi connectivity index (χ4n) is 2.91. The number of benzene rings is 2. The molecule has 0 aliphatic heterocycles. The molecule has 0 aliphatic carbocycles. The topological polar surface area (TPSA) is 119 Å². The van der Waals surface area contributed by atoms with Gasteiger partial charge in [-0.2, -0.15) is 0 Å². The molecule has 2 rings (SSSR count). The number of carbonyl (C=O) groups is 1. The summed E-state index contributed by atoms with van der Waals surface area (Å²) in [6.07, 6.45) is 0. The van der Waals surface area contributed by atoms with Crippen molar-refractivity contribution in [2.45, 2.75) is 11.8 Å². The van der Waals surface area contributed by atoms with Crippen LogP contribution in [-0.4, -0.2) is 63.1 Å². The van der Waals surface area contributed by atoms with Crippen molar-refractivity contribution in [3.8, 4) is 23.0 Å². The van der Waals surface area contributed by atoms with Crippen molar-refractivity contribution >= 4 is 21.7 Å². The van der Waals surface area contributed by atoms with Gasteiger partial charge >= 0.3 is 5.97 Å². The molecule has 0 amide bonds. The molecule has 0 heterocycles. The normalized spacial score (nSPS) is 10.9. The number of esters is 1. The van der Waals surface area contributed by atoms with Crippen molar-refractivity contribution in [2.24, 2.45) is 0 Å². The number of nitrogens with one attached hydrogen (secondary N) is 1. The number of sulfonamides is 1. The fourth-order valence-corrected chi connectivity index (χ4v) is 4.08. The molecule has 0 unspecified atom stereocenters. The Balaban J connectivity index is 2.54. The number of methoxy groups -OCH3 is 5. The number of hydrogen-bond acceptors (Lipinski definition) is 9. The minimum atomic E-state index is -4.13. The number of rotatable bonds is 11. The van der Waals surface area contributed by atoms with Crippen molar-refractivity contribution < 1.29 is 41.6 Å². The van der Waals surface area contributed by atoms with Crippen molar-refractivity contribution in [2.75, 3.05) is 53.5 Å². The molecule has 32 heavy (non-hydrogen) atoms. The maximum atomic E-state index is 13.2. The molecule has 0 saturated carbocycles. The number of ether oxygens (including phenoxy) is 6. The number of carbonyl (C=O) groups excluding carboxylic acids is 1. The van der Waals surface area contributed by atoms with Crippen LogP contribution in [0.2, 0.25) is 0 Å². The standard InChI is InChI=1S/C21H27NO9S/c1-13-11-14(7-8-16(13)31-10-9-26-2)32(24,25)22-18-15(21(23)30-6)12-17(27-3)19(28-4)20(18)29-5/h7-8,11-12,22H,9-10H2,1-6H3. The average molecular weight is 470 g/mol. The summed E-state index contributed by atoms with van der Waals surface area (Å²) in [4.78, 5) is 12.3. The van der Waals surface area contributed by atoms with Crippen LogP contribution in [0.15, 0.2) is 29.2 Å². The number of anilines is 1. The molecule has 0 aliphatic rings. The lowest BCUT2D eigenvalue weighted by molar-refractivity contribution is 0.0601. The van der Waals surface area contributed by atoms with Gasteiger partial charge in [0.15, 0.2) is 11.5 Å². The van der Waals surface area contributed by atoms with Crippen LogP contribution in [0.3, 0.4) is 0 Å². The molecule has 11 heteroatoms. The van der Waals surface area contributed by atoms with Crippen LogP contribution in [-0.2, 0) is 19.5 Å². The van der Waals surface area contributed by atoms with E-state index in [2.05, 4.69) is 4.72 Å². The second-order valence-electron chi connectivity index (χ2n) is 6.43. The second kappa shape index (κ2) is 10.9. The molecule has 0 atom stereocenters. The average Bonchev–Trinajstić information content (AvgIpc) is 2.78. The Labute approximate surface area is 187 Å². The highest BCUT2D eigenvalue weighted by molar-refractivity contribution is 7.92. The summed E-state index contributed by atoms with van der Waals surface area (Å²) >= 11 is 0. The highest BCUT2D eigenvalue weighted by Crippen LogP contribution is 2.46. The highest BCUT2D eigenvalue weighted by Gasteiger charge is 2.28.